The number of unbranched alkanes of at least 4 members (excludes halogenated alkanes) is 3. The number of hydrogen-bond donors (Lipinski definition) is 2. The Morgan fingerprint density at radius 2 is 0.933 bits per heavy atom. The van der Waals surface area contributed by atoms with E-state index in [4.69, 9.17) is 0 Å². The van der Waals surface area contributed by atoms with Gasteiger partial charge in [0.2, 0.25) is 0 Å². The summed E-state index contributed by atoms with van der Waals surface area (Å²) in [6.45, 7) is 10.8. The van der Waals surface area contributed by atoms with Crippen molar-refractivity contribution in [3.63, 3.8) is 0 Å². The molecule has 0 amide bonds. The molecule has 0 aromatic carbocycles. The highest BCUT2D eigenvalue weighted by Crippen LogP contribution is 2.01. The van der Waals surface area contributed by atoms with Crippen molar-refractivity contribution in [2.24, 2.45) is 11.7 Å². The van der Waals surface area contributed by atoms with Gasteiger partial charge in [0.05, 0.1) is 0 Å². The molecule has 0 spiro atoms. The summed E-state index contributed by atoms with van der Waals surface area (Å²) in [6, 6.07) is 0. The first kappa shape index (κ1) is 17.3. The van der Waals surface area contributed by atoms with Gasteiger partial charge in [-0.3, -0.25) is 11.7 Å². The van der Waals surface area contributed by atoms with Crippen LogP contribution in [0.25, 0.3) is 0 Å². The minimum absolute atomic E-state index is 1.32. The quantitative estimate of drug-likeness (QED) is 0.461. The third kappa shape index (κ3) is 13.9. The molecule has 0 radical (unpaired) electrons. The molecule has 15 heavy (non-hydrogen) atoms. The first-order chi connectivity index (χ1) is 7.35. The van der Waals surface area contributed by atoms with E-state index in [1.807, 2.05) is 0 Å². The monoisotopic (exact) mass is 217 g/mol. The number of hydrogen-bond acceptors (Lipinski definition) is 3. The Morgan fingerprint density at radius 1 is 0.667 bits per heavy atom. The van der Waals surface area contributed by atoms with Crippen molar-refractivity contribution in [1.82, 2.24) is 4.90 Å². The second-order valence-corrected chi connectivity index (χ2v) is 3.90. The van der Waals surface area contributed by atoms with Crippen molar-refractivity contribution in [3.05, 3.63) is 0 Å². The summed E-state index contributed by atoms with van der Waals surface area (Å²) in [5.41, 5.74) is 0. The third-order valence-electron chi connectivity index (χ3n) is 2.48. The van der Waals surface area contributed by atoms with E-state index in [0.29, 0.717) is 0 Å². The van der Waals surface area contributed by atoms with Crippen molar-refractivity contribution in [1.29, 1.82) is 0 Å². The highest BCUT2D eigenvalue weighted by molar-refractivity contribution is 4.57. The van der Waals surface area contributed by atoms with Crippen LogP contribution in [0.2, 0.25) is 0 Å². The molecule has 0 aromatic rings. The van der Waals surface area contributed by atoms with E-state index in [-0.39, 0.29) is 0 Å². The van der Waals surface area contributed by atoms with Crippen LogP contribution in [-0.2, 0) is 0 Å². The molecule has 0 fully saturated rings. The van der Waals surface area contributed by atoms with Crippen LogP contribution in [0, 0.1) is 0 Å². The Balaban J connectivity index is 0. The molecule has 0 aliphatic carbocycles. The minimum atomic E-state index is 1.32. The normalized spacial score (nSPS) is 10.0. The zero-order valence-electron chi connectivity index (χ0n) is 11.0. The lowest BCUT2D eigenvalue weighted by atomic mass is 10.2. The first-order valence-electron chi connectivity index (χ1n) is 6.40. The molecule has 3 nitrogen and oxygen atoms in total. The average Bonchev–Trinajstić information content (AvgIpc) is 2.31. The lowest BCUT2D eigenvalue weighted by Crippen LogP contribution is -2.27. The molecule has 0 saturated carbocycles. The molecule has 0 rings (SSSR count). The number of rotatable bonds is 9. The van der Waals surface area contributed by atoms with Crippen LogP contribution in [0.1, 0.15) is 59.3 Å². The maximum absolute atomic E-state index is 4.00. The van der Waals surface area contributed by atoms with Gasteiger partial charge in [0.15, 0.2) is 0 Å². The zero-order chi connectivity index (χ0) is 11.9. The van der Waals surface area contributed by atoms with Crippen LogP contribution in [0.15, 0.2) is 0 Å². The van der Waals surface area contributed by atoms with Crippen molar-refractivity contribution in [2.75, 3.05) is 19.6 Å². The molecular formula is C12H31N3. The average molecular weight is 217 g/mol. The molecule has 0 aliphatic rings. The van der Waals surface area contributed by atoms with Gasteiger partial charge in [0.1, 0.15) is 0 Å². The fraction of sp³-hybridized carbons (Fsp3) is 1.00. The van der Waals surface area contributed by atoms with E-state index in [1.165, 1.54) is 58.2 Å². The Morgan fingerprint density at radius 3 is 1.13 bits per heavy atom. The fourth-order valence-electron chi connectivity index (χ4n) is 1.48. The van der Waals surface area contributed by atoms with E-state index >= 15 is 0 Å². The van der Waals surface area contributed by atoms with Crippen molar-refractivity contribution >= 4 is 0 Å². The van der Waals surface area contributed by atoms with Gasteiger partial charge < -0.3 is 4.90 Å². The Kier molecular flexibility index (Phi) is 18.8. The molecule has 0 saturated heterocycles. The molecule has 3 heteroatoms. The third-order valence-corrected chi connectivity index (χ3v) is 2.48. The lowest BCUT2D eigenvalue weighted by Gasteiger charge is -2.21. The summed E-state index contributed by atoms with van der Waals surface area (Å²) in [7, 11) is 0. The molecule has 0 aliphatic heterocycles. The second kappa shape index (κ2) is 16.3. The van der Waals surface area contributed by atoms with Crippen LogP contribution >= 0.6 is 0 Å². The van der Waals surface area contributed by atoms with Gasteiger partial charge in [-0.2, -0.15) is 0 Å². The van der Waals surface area contributed by atoms with E-state index in [2.05, 4.69) is 37.4 Å². The minimum Gasteiger partial charge on any atom is -0.303 e. The van der Waals surface area contributed by atoms with Crippen molar-refractivity contribution < 1.29 is 0 Å². The molecule has 4 N–H and O–H groups in total. The number of hydrazine groups is 1. The Labute approximate surface area is 96.2 Å². The van der Waals surface area contributed by atoms with Gasteiger partial charge in [0, 0.05) is 0 Å². The predicted molar refractivity (Wildman–Crippen MR) is 69.5 cm³/mol. The van der Waals surface area contributed by atoms with E-state index in [1.54, 1.807) is 0 Å². The van der Waals surface area contributed by atoms with E-state index in [9.17, 15) is 0 Å². The van der Waals surface area contributed by atoms with E-state index < -0.39 is 0 Å². The van der Waals surface area contributed by atoms with Gasteiger partial charge in [-0.25, -0.2) is 0 Å². The summed E-state index contributed by atoms with van der Waals surface area (Å²) in [6.07, 6.45) is 8.09. The summed E-state index contributed by atoms with van der Waals surface area (Å²) in [5.74, 6) is 8.00. The van der Waals surface area contributed by atoms with Gasteiger partial charge in [0.25, 0.3) is 0 Å². The predicted octanol–water partition coefficient (Wildman–Crippen LogP) is 2.51. The van der Waals surface area contributed by atoms with Crippen molar-refractivity contribution in [2.45, 2.75) is 59.3 Å². The van der Waals surface area contributed by atoms with Gasteiger partial charge in [-0.15, -0.1) is 0 Å². The van der Waals surface area contributed by atoms with Gasteiger partial charge >= 0.3 is 0 Å². The summed E-state index contributed by atoms with van der Waals surface area (Å²) < 4.78 is 0. The SMILES string of the molecule is CCCCN(CCCC)CCCC.NN. The van der Waals surface area contributed by atoms with Gasteiger partial charge in [-0.1, -0.05) is 40.0 Å². The first-order valence-corrected chi connectivity index (χ1v) is 6.40. The molecule has 0 bridgehead atoms. The number of nitrogens with two attached hydrogens (primary N) is 2. The summed E-state index contributed by atoms with van der Waals surface area (Å²) in [4.78, 5) is 2.64. The molecule has 0 atom stereocenters. The largest absolute Gasteiger partial charge is 0.303 e. The van der Waals surface area contributed by atoms with Crippen LogP contribution in [-0.4, -0.2) is 24.5 Å². The molecule has 0 aromatic heterocycles. The Bertz CT molecular complexity index is 77.8. The summed E-state index contributed by atoms with van der Waals surface area (Å²) >= 11 is 0. The number of nitrogens with zero attached hydrogens (tertiary/aromatic N) is 1. The Hall–Kier alpha value is -0.120. The molecule has 94 valence electrons. The smallest absolute Gasteiger partial charge is 0.00188 e. The van der Waals surface area contributed by atoms with Crippen LogP contribution in [0.4, 0.5) is 0 Å². The molecular weight excluding hydrogens is 186 g/mol. The maximum Gasteiger partial charge on any atom is -0.00188 e. The lowest BCUT2D eigenvalue weighted by molar-refractivity contribution is 0.261. The highest BCUT2D eigenvalue weighted by Gasteiger charge is 2.01. The van der Waals surface area contributed by atoms with E-state index in [0.717, 1.165) is 0 Å². The van der Waals surface area contributed by atoms with Crippen LogP contribution in [0.3, 0.4) is 0 Å². The summed E-state index contributed by atoms with van der Waals surface area (Å²) in [5, 5.41) is 0. The standard InChI is InChI=1S/C12H27N.H4N2/c1-4-7-10-13(11-8-5-2)12-9-6-3;1-2/h4-12H2,1-3H3;1-2H2. The fourth-order valence-corrected chi connectivity index (χ4v) is 1.48. The van der Waals surface area contributed by atoms with Gasteiger partial charge in [-0.05, 0) is 38.9 Å². The molecule has 0 unspecified atom stereocenters. The topological polar surface area (TPSA) is 55.3 Å². The molecule has 0 heterocycles. The maximum atomic E-state index is 4.00. The van der Waals surface area contributed by atoms with Crippen molar-refractivity contribution in [3.8, 4) is 0 Å². The highest BCUT2D eigenvalue weighted by atomic mass is 15.1. The van der Waals surface area contributed by atoms with Crippen LogP contribution < -0.4 is 11.7 Å². The second-order valence-electron chi connectivity index (χ2n) is 3.90. The zero-order valence-corrected chi connectivity index (χ0v) is 11.0. The van der Waals surface area contributed by atoms with Crippen LogP contribution in [0.5, 0.6) is 0 Å².